The Morgan fingerprint density at radius 2 is 1.96 bits per heavy atom. The lowest BCUT2D eigenvalue weighted by atomic mass is 9.78. The molecule has 1 aliphatic carbocycles. The van der Waals surface area contributed by atoms with Crippen molar-refractivity contribution in [3.05, 3.63) is 29.6 Å². The van der Waals surface area contributed by atoms with Crippen LogP contribution in [0.2, 0.25) is 0 Å². The van der Waals surface area contributed by atoms with E-state index in [1.165, 1.54) is 12.1 Å². The fourth-order valence-corrected chi connectivity index (χ4v) is 5.09. The molecule has 4 rings (SSSR count). The summed E-state index contributed by atoms with van der Waals surface area (Å²) in [5, 5.41) is 18.7. The molecule has 2 saturated heterocycles. The van der Waals surface area contributed by atoms with Crippen LogP contribution >= 0.6 is 0 Å². The van der Waals surface area contributed by atoms with Crippen molar-refractivity contribution >= 4 is 11.6 Å². The van der Waals surface area contributed by atoms with E-state index in [4.69, 9.17) is 5.26 Å². The molecule has 0 aromatic heterocycles. The average molecular weight is 371 g/mol. The maximum Gasteiger partial charge on any atom is 0.230 e. The lowest BCUT2D eigenvalue weighted by Gasteiger charge is -2.41. The van der Waals surface area contributed by atoms with Gasteiger partial charge in [-0.3, -0.25) is 4.79 Å². The first-order valence-corrected chi connectivity index (χ1v) is 9.96. The lowest BCUT2D eigenvalue weighted by Crippen LogP contribution is -2.50. The first kappa shape index (κ1) is 18.2. The van der Waals surface area contributed by atoms with E-state index < -0.39 is 5.82 Å². The molecule has 1 N–H and O–H groups in total. The number of hydrogen-bond donors (Lipinski definition) is 1. The second-order valence-corrected chi connectivity index (χ2v) is 8.29. The predicted molar refractivity (Wildman–Crippen MR) is 99.6 cm³/mol. The van der Waals surface area contributed by atoms with Gasteiger partial charge in [-0.15, -0.1) is 0 Å². The highest BCUT2D eigenvalue weighted by Crippen LogP contribution is 2.43. The number of nitrogens with zero attached hydrogens (tertiary/aromatic N) is 3. The van der Waals surface area contributed by atoms with Crippen LogP contribution in [0, 0.1) is 22.6 Å². The molecule has 6 heteroatoms. The van der Waals surface area contributed by atoms with Gasteiger partial charge in [0, 0.05) is 31.4 Å². The summed E-state index contributed by atoms with van der Waals surface area (Å²) < 4.78 is 14.0. The Morgan fingerprint density at radius 1 is 1.19 bits per heavy atom. The van der Waals surface area contributed by atoms with Crippen LogP contribution in [0.15, 0.2) is 18.2 Å². The highest BCUT2D eigenvalue weighted by atomic mass is 19.1. The first-order valence-electron chi connectivity index (χ1n) is 9.96. The van der Waals surface area contributed by atoms with Crippen LogP contribution in [0.4, 0.5) is 10.1 Å². The minimum Gasteiger partial charge on any atom is -0.393 e. The third-order valence-electron chi connectivity index (χ3n) is 6.67. The Kier molecular flexibility index (Phi) is 4.81. The number of anilines is 1. The van der Waals surface area contributed by atoms with E-state index in [2.05, 4.69) is 9.80 Å². The molecule has 144 valence electrons. The first-order chi connectivity index (χ1) is 13.0. The van der Waals surface area contributed by atoms with Crippen LogP contribution in [0.25, 0.3) is 0 Å². The van der Waals surface area contributed by atoms with Crippen molar-refractivity contribution in [1.29, 1.82) is 5.26 Å². The molecule has 1 saturated carbocycles. The number of hydrogen-bond acceptors (Lipinski definition) is 4. The van der Waals surface area contributed by atoms with E-state index in [9.17, 15) is 14.3 Å². The zero-order chi connectivity index (χ0) is 19.0. The van der Waals surface area contributed by atoms with Crippen LogP contribution in [0.3, 0.4) is 0 Å². The summed E-state index contributed by atoms with van der Waals surface area (Å²) in [4.78, 5) is 17.5. The summed E-state index contributed by atoms with van der Waals surface area (Å²) in [6.07, 6.45) is 5.74. The quantitative estimate of drug-likeness (QED) is 0.868. The lowest BCUT2D eigenvalue weighted by molar-refractivity contribution is -0.139. The normalized spacial score (nSPS) is 31.4. The Labute approximate surface area is 159 Å². The van der Waals surface area contributed by atoms with Gasteiger partial charge in [0.1, 0.15) is 11.9 Å². The highest BCUT2D eigenvalue weighted by Gasteiger charge is 2.50. The number of benzene rings is 1. The molecule has 5 nitrogen and oxygen atoms in total. The van der Waals surface area contributed by atoms with E-state index in [0.29, 0.717) is 6.54 Å². The molecule has 1 aromatic rings. The number of carbonyl (C=O) groups excluding carboxylic acids is 1. The van der Waals surface area contributed by atoms with Crippen molar-refractivity contribution in [3.63, 3.8) is 0 Å². The fraction of sp³-hybridized carbons (Fsp3) is 0.619. The summed E-state index contributed by atoms with van der Waals surface area (Å²) in [5.41, 5.74) is 0.421. The number of rotatable bonds is 2. The summed E-state index contributed by atoms with van der Waals surface area (Å²) in [7, 11) is 0. The van der Waals surface area contributed by atoms with Gasteiger partial charge in [0.2, 0.25) is 5.91 Å². The number of aliphatic hydroxyl groups excluding tert-OH is 1. The van der Waals surface area contributed by atoms with Crippen molar-refractivity contribution in [1.82, 2.24) is 4.90 Å². The number of piperidine rings is 1. The van der Waals surface area contributed by atoms with Crippen LogP contribution in [0.1, 0.15) is 50.5 Å². The highest BCUT2D eigenvalue weighted by molar-refractivity contribution is 5.86. The van der Waals surface area contributed by atoms with Gasteiger partial charge in [0.15, 0.2) is 0 Å². The van der Waals surface area contributed by atoms with Crippen LogP contribution in [-0.4, -0.2) is 47.7 Å². The SMILES string of the molecule is N#Cc1ccc(N2CCCC3(CCN([C@H]4CC[C@@H](O)CC4)C3=O)C2)cc1F. The monoisotopic (exact) mass is 371 g/mol. The number of amides is 1. The van der Waals surface area contributed by atoms with Gasteiger partial charge in [0.25, 0.3) is 0 Å². The number of halogens is 1. The number of aliphatic hydroxyl groups is 1. The van der Waals surface area contributed by atoms with Crippen molar-refractivity contribution < 1.29 is 14.3 Å². The van der Waals surface area contributed by atoms with Crippen molar-refractivity contribution in [2.45, 2.75) is 57.1 Å². The molecule has 2 heterocycles. The van der Waals surface area contributed by atoms with Crippen molar-refractivity contribution in [2.24, 2.45) is 5.41 Å². The minimum atomic E-state index is -0.505. The molecular formula is C21H26FN3O2. The Balaban J connectivity index is 1.50. The largest absolute Gasteiger partial charge is 0.393 e. The molecule has 0 bridgehead atoms. The molecule has 2 aliphatic heterocycles. The molecule has 3 fully saturated rings. The Morgan fingerprint density at radius 3 is 2.67 bits per heavy atom. The summed E-state index contributed by atoms with van der Waals surface area (Å²) in [5.74, 6) is -0.266. The van der Waals surface area contributed by atoms with Crippen molar-refractivity contribution in [2.75, 3.05) is 24.5 Å². The van der Waals surface area contributed by atoms with Gasteiger partial charge in [-0.05, 0) is 63.1 Å². The summed E-state index contributed by atoms with van der Waals surface area (Å²) >= 11 is 0. The second-order valence-electron chi connectivity index (χ2n) is 8.29. The van der Waals surface area contributed by atoms with Gasteiger partial charge >= 0.3 is 0 Å². The minimum absolute atomic E-state index is 0.0491. The van der Waals surface area contributed by atoms with Crippen LogP contribution in [0.5, 0.6) is 0 Å². The van der Waals surface area contributed by atoms with Gasteiger partial charge in [-0.1, -0.05) is 0 Å². The molecule has 0 radical (unpaired) electrons. The predicted octanol–water partition coefficient (Wildman–Crippen LogP) is 2.82. The number of carbonyl (C=O) groups is 1. The van der Waals surface area contributed by atoms with Gasteiger partial charge in [0.05, 0.1) is 17.1 Å². The Bertz CT molecular complexity index is 769. The maximum atomic E-state index is 14.0. The molecular weight excluding hydrogens is 345 g/mol. The van der Waals surface area contributed by atoms with Gasteiger partial charge in [-0.2, -0.15) is 5.26 Å². The van der Waals surface area contributed by atoms with Crippen molar-refractivity contribution in [3.8, 4) is 6.07 Å². The number of nitriles is 1. The van der Waals surface area contributed by atoms with E-state index in [1.807, 2.05) is 6.07 Å². The standard InChI is InChI=1S/C21H26FN3O2/c22-19-12-17(3-2-15(19)13-23)24-10-1-8-21(14-24)9-11-25(20(21)27)16-4-6-18(26)7-5-16/h2-3,12,16,18,26H,1,4-11,14H2/t16-,18+,21?. The van der Waals surface area contributed by atoms with E-state index in [0.717, 1.165) is 63.7 Å². The second kappa shape index (κ2) is 7.12. The van der Waals surface area contributed by atoms with Crippen LogP contribution in [-0.2, 0) is 4.79 Å². The molecule has 3 aliphatic rings. The molecule has 1 amide bonds. The molecule has 1 aromatic carbocycles. The topological polar surface area (TPSA) is 67.6 Å². The zero-order valence-corrected chi connectivity index (χ0v) is 15.5. The Hall–Kier alpha value is -2.13. The number of likely N-dealkylation sites (tertiary alicyclic amines) is 1. The third kappa shape index (κ3) is 3.29. The van der Waals surface area contributed by atoms with E-state index in [-0.39, 0.29) is 29.0 Å². The van der Waals surface area contributed by atoms with E-state index >= 15 is 0 Å². The van der Waals surface area contributed by atoms with Gasteiger partial charge < -0.3 is 14.9 Å². The summed E-state index contributed by atoms with van der Waals surface area (Å²) in [6.45, 7) is 2.20. The smallest absolute Gasteiger partial charge is 0.230 e. The zero-order valence-electron chi connectivity index (χ0n) is 15.5. The van der Waals surface area contributed by atoms with Crippen LogP contribution < -0.4 is 4.90 Å². The average Bonchev–Trinajstić information content (AvgIpc) is 2.98. The molecule has 1 spiro atoms. The third-order valence-corrected chi connectivity index (χ3v) is 6.67. The molecule has 27 heavy (non-hydrogen) atoms. The molecule has 1 atom stereocenters. The van der Waals surface area contributed by atoms with Gasteiger partial charge in [-0.25, -0.2) is 4.39 Å². The van der Waals surface area contributed by atoms with E-state index in [1.54, 1.807) is 6.07 Å². The molecule has 1 unspecified atom stereocenters. The summed E-state index contributed by atoms with van der Waals surface area (Å²) in [6, 6.07) is 6.82. The fourth-order valence-electron chi connectivity index (χ4n) is 5.09. The maximum absolute atomic E-state index is 14.0.